The van der Waals surface area contributed by atoms with Crippen molar-refractivity contribution in [3.05, 3.63) is 36.4 Å². The van der Waals surface area contributed by atoms with Gasteiger partial charge >= 0.3 is 5.97 Å². The lowest BCUT2D eigenvalue weighted by Gasteiger charge is -2.07. The van der Waals surface area contributed by atoms with Crippen LogP contribution in [-0.4, -0.2) is 22.0 Å². The molecule has 1 aromatic heterocycles. The Morgan fingerprint density at radius 2 is 2.21 bits per heavy atom. The van der Waals surface area contributed by atoms with Gasteiger partial charge in [-0.3, -0.25) is 9.59 Å². The van der Waals surface area contributed by atoms with Gasteiger partial charge in [-0.15, -0.1) is 0 Å². The average Bonchev–Trinajstić information content (AvgIpc) is 2.81. The molecule has 0 aliphatic carbocycles. The molecule has 6 heteroatoms. The number of oxazole rings is 1. The fourth-order valence-corrected chi connectivity index (χ4v) is 1.71. The Balaban J connectivity index is 2.15. The molecular weight excluding hydrogens is 248 g/mol. The summed E-state index contributed by atoms with van der Waals surface area (Å²) in [6.07, 6.45) is 2.39. The van der Waals surface area contributed by atoms with Crippen LogP contribution in [0, 0.1) is 6.92 Å². The second-order valence-corrected chi connectivity index (χ2v) is 4.01. The van der Waals surface area contributed by atoms with E-state index in [0.29, 0.717) is 11.4 Å². The molecule has 0 saturated heterocycles. The van der Waals surface area contributed by atoms with Crippen LogP contribution in [0.1, 0.15) is 12.0 Å². The summed E-state index contributed by atoms with van der Waals surface area (Å²) in [4.78, 5) is 25.6. The lowest BCUT2D eigenvalue weighted by Crippen LogP contribution is -2.15. The van der Waals surface area contributed by atoms with Gasteiger partial charge in [0.25, 0.3) is 0 Å². The van der Waals surface area contributed by atoms with E-state index in [4.69, 9.17) is 9.52 Å². The van der Waals surface area contributed by atoms with Crippen molar-refractivity contribution in [1.82, 2.24) is 4.98 Å². The summed E-state index contributed by atoms with van der Waals surface area (Å²) in [5, 5.41) is 11.0. The van der Waals surface area contributed by atoms with Crippen LogP contribution in [0.2, 0.25) is 0 Å². The molecule has 2 rings (SSSR count). The number of hydrogen-bond donors (Lipinski definition) is 2. The standard InChI is InChI=1S/C13H12N2O4/c1-8-4-9(15-12(16)5-13(17)18)2-3-10(8)11-6-14-7-19-11/h2-4,6-7H,5H2,1H3,(H,15,16)(H,17,18). The molecule has 0 fully saturated rings. The van der Waals surface area contributed by atoms with Crippen molar-refractivity contribution < 1.29 is 19.1 Å². The highest BCUT2D eigenvalue weighted by Gasteiger charge is 2.10. The van der Waals surface area contributed by atoms with E-state index in [2.05, 4.69) is 10.3 Å². The Kier molecular flexibility index (Phi) is 3.61. The Morgan fingerprint density at radius 3 is 2.79 bits per heavy atom. The fourth-order valence-electron chi connectivity index (χ4n) is 1.71. The molecule has 0 saturated carbocycles. The second kappa shape index (κ2) is 5.34. The van der Waals surface area contributed by atoms with E-state index in [1.54, 1.807) is 24.4 Å². The van der Waals surface area contributed by atoms with Crippen molar-refractivity contribution in [2.45, 2.75) is 13.3 Å². The molecule has 2 N–H and O–H groups in total. The third kappa shape index (κ3) is 3.19. The number of carbonyl (C=O) groups is 2. The van der Waals surface area contributed by atoms with E-state index >= 15 is 0 Å². The van der Waals surface area contributed by atoms with Crippen LogP contribution in [0.5, 0.6) is 0 Å². The Bertz CT molecular complexity index is 605. The first-order chi connectivity index (χ1) is 9.06. The van der Waals surface area contributed by atoms with Gasteiger partial charge in [-0.25, -0.2) is 4.98 Å². The molecule has 1 amide bonds. The molecule has 0 aliphatic heterocycles. The number of nitrogens with one attached hydrogen (secondary N) is 1. The Morgan fingerprint density at radius 1 is 1.42 bits per heavy atom. The predicted octanol–water partition coefficient (Wildman–Crippen LogP) is 2.06. The zero-order chi connectivity index (χ0) is 13.8. The number of benzene rings is 1. The monoisotopic (exact) mass is 260 g/mol. The number of anilines is 1. The molecule has 98 valence electrons. The molecule has 6 nitrogen and oxygen atoms in total. The summed E-state index contributed by atoms with van der Waals surface area (Å²) in [6.45, 7) is 1.87. The van der Waals surface area contributed by atoms with Crippen LogP contribution >= 0.6 is 0 Å². The number of aromatic nitrogens is 1. The van der Waals surface area contributed by atoms with Crippen LogP contribution in [0.4, 0.5) is 5.69 Å². The number of carboxylic acid groups (broad SMARTS) is 1. The maximum absolute atomic E-state index is 11.3. The SMILES string of the molecule is Cc1cc(NC(=O)CC(=O)O)ccc1-c1cnco1. The van der Waals surface area contributed by atoms with Crippen molar-refractivity contribution in [1.29, 1.82) is 0 Å². The number of aliphatic carboxylic acids is 1. The number of rotatable bonds is 4. The van der Waals surface area contributed by atoms with Gasteiger partial charge in [0.05, 0.1) is 6.20 Å². The summed E-state index contributed by atoms with van der Waals surface area (Å²) in [6, 6.07) is 5.22. The van der Waals surface area contributed by atoms with E-state index in [0.717, 1.165) is 11.1 Å². The molecule has 1 aromatic carbocycles. The fraction of sp³-hybridized carbons (Fsp3) is 0.154. The summed E-state index contributed by atoms with van der Waals surface area (Å²) in [5.74, 6) is -1.08. The van der Waals surface area contributed by atoms with E-state index in [-0.39, 0.29) is 0 Å². The first kappa shape index (κ1) is 12.8. The number of carbonyl (C=O) groups excluding carboxylic acids is 1. The van der Waals surface area contributed by atoms with Gasteiger partial charge in [-0.05, 0) is 30.7 Å². The molecule has 0 spiro atoms. The quantitative estimate of drug-likeness (QED) is 0.821. The van der Waals surface area contributed by atoms with Crippen molar-refractivity contribution in [3.63, 3.8) is 0 Å². The smallest absolute Gasteiger partial charge is 0.312 e. The van der Waals surface area contributed by atoms with Crippen LogP contribution in [0.15, 0.2) is 35.2 Å². The lowest BCUT2D eigenvalue weighted by atomic mass is 10.1. The molecule has 0 unspecified atom stereocenters. The normalized spacial score (nSPS) is 10.2. The van der Waals surface area contributed by atoms with Gasteiger partial charge in [0, 0.05) is 11.3 Å². The number of carboxylic acids is 1. The summed E-state index contributed by atoms with van der Waals surface area (Å²) < 4.78 is 5.20. The molecular formula is C13H12N2O4. The zero-order valence-corrected chi connectivity index (χ0v) is 10.2. The minimum Gasteiger partial charge on any atom is -0.481 e. The highest BCUT2D eigenvalue weighted by atomic mass is 16.4. The lowest BCUT2D eigenvalue weighted by molar-refractivity contribution is -0.139. The van der Waals surface area contributed by atoms with Crippen LogP contribution < -0.4 is 5.32 Å². The van der Waals surface area contributed by atoms with Gasteiger partial charge in [-0.2, -0.15) is 0 Å². The highest BCUT2D eigenvalue weighted by Crippen LogP contribution is 2.25. The van der Waals surface area contributed by atoms with Crippen molar-refractivity contribution in [2.24, 2.45) is 0 Å². The molecule has 0 bridgehead atoms. The van der Waals surface area contributed by atoms with Gasteiger partial charge in [-0.1, -0.05) is 0 Å². The topological polar surface area (TPSA) is 92.4 Å². The third-order valence-corrected chi connectivity index (χ3v) is 2.52. The predicted molar refractivity (Wildman–Crippen MR) is 67.6 cm³/mol. The Hall–Kier alpha value is -2.63. The van der Waals surface area contributed by atoms with E-state index in [9.17, 15) is 9.59 Å². The van der Waals surface area contributed by atoms with Gasteiger partial charge < -0.3 is 14.8 Å². The van der Waals surface area contributed by atoms with Gasteiger partial charge in [0.1, 0.15) is 6.42 Å². The van der Waals surface area contributed by atoms with Crippen LogP contribution in [0.25, 0.3) is 11.3 Å². The van der Waals surface area contributed by atoms with E-state index in [1.807, 2.05) is 6.92 Å². The van der Waals surface area contributed by atoms with Crippen LogP contribution in [0.3, 0.4) is 0 Å². The number of aryl methyl sites for hydroxylation is 1. The number of hydrogen-bond acceptors (Lipinski definition) is 4. The molecule has 1 heterocycles. The van der Waals surface area contributed by atoms with E-state index < -0.39 is 18.3 Å². The first-order valence-corrected chi connectivity index (χ1v) is 5.57. The first-order valence-electron chi connectivity index (χ1n) is 5.57. The number of amides is 1. The van der Waals surface area contributed by atoms with Gasteiger partial charge in [0.15, 0.2) is 12.2 Å². The maximum Gasteiger partial charge on any atom is 0.312 e. The zero-order valence-electron chi connectivity index (χ0n) is 10.2. The minimum atomic E-state index is -1.16. The summed E-state index contributed by atoms with van der Waals surface area (Å²) in [7, 11) is 0. The van der Waals surface area contributed by atoms with Crippen molar-refractivity contribution >= 4 is 17.6 Å². The molecule has 0 aliphatic rings. The van der Waals surface area contributed by atoms with Gasteiger partial charge in [0.2, 0.25) is 5.91 Å². The molecule has 19 heavy (non-hydrogen) atoms. The van der Waals surface area contributed by atoms with Crippen molar-refractivity contribution in [3.8, 4) is 11.3 Å². The van der Waals surface area contributed by atoms with Crippen molar-refractivity contribution in [2.75, 3.05) is 5.32 Å². The number of nitrogens with zero attached hydrogens (tertiary/aromatic N) is 1. The highest BCUT2D eigenvalue weighted by molar-refractivity contribution is 6.01. The summed E-state index contributed by atoms with van der Waals surface area (Å²) >= 11 is 0. The largest absolute Gasteiger partial charge is 0.481 e. The maximum atomic E-state index is 11.3. The Labute approximate surface area is 109 Å². The molecule has 0 atom stereocenters. The molecule has 2 aromatic rings. The minimum absolute atomic E-state index is 0.548. The second-order valence-electron chi connectivity index (χ2n) is 4.01. The molecule has 0 radical (unpaired) electrons. The van der Waals surface area contributed by atoms with Crippen LogP contribution in [-0.2, 0) is 9.59 Å². The third-order valence-electron chi connectivity index (χ3n) is 2.52. The average molecular weight is 260 g/mol. The van der Waals surface area contributed by atoms with E-state index in [1.165, 1.54) is 6.39 Å². The summed E-state index contributed by atoms with van der Waals surface area (Å²) in [5.41, 5.74) is 2.31.